The van der Waals surface area contributed by atoms with Crippen molar-refractivity contribution in [1.29, 1.82) is 0 Å². The number of halogens is 1. The van der Waals surface area contributed by atoms with Crippen molar-refractivity contribution in [2.75, 3.05) is 38.6 Å². The Kier molecular flexibility index (Phi) is 5.23. The number of carbonyl (C=O) groups is 1. The second-order valence-electron chi connectivity index (χ2n) is 5.02. The Morgan fingerprint density at radius 1 is 1.50 bits per heavy atom. The maximum absolute atomic E-state index is 12.1. The molecule has 2 rings (SSSR count). The average molecular weight is 298 g/mol. The van der Waals surface area contributed by atoms with E-state index in [4.69, 9.17) is 22.1 Å². The first kappa shape index (κ1) is 15.1. The fourth-order valence-electron chi connectivity index (χ4n) is 2.21. The van der Waals surface area contributed by atoms with E-state index in [-0.39, 0.29) is 11.9 Å². The fraction of sp³-hybridized carbons (Fsp3) is 0.500. The normalized spacial score (nSPS) is 17.7. The lowest BCUT2D eigenvalue weighted by atomic mass is 10.1. The van der Waals surface area contributed by atoms with Gasteiger partial charge in [0.1, 0.15) is 0 Å². The third-order valence-corrected chi connectivity index (χ3v) is 3.62. The van der Waals surface area contributed by atoms with Crippen LogP contribution < -0.4 is 11.1 Å². The summed E-state index contributed by atoms with van der Waals surface area (Å²) >= 11 is 5.84. The Morgan fingerprint density at radius 3 is 2.85 bits per heavy atom. The number of nitrogens with one attached hydrogen (secondary N) is 1. The van der Waals surface area contributed by atoms with E-state index in [1.165, 1.54) is 0 Å². The van der Waals surface area contributed by atoms with Crippen molar-refractivity contribution >= 4 is 23.2 Å². The van der Waals surface area contributed by atoms with Gasteiger partial charge < -0.3 is 15.8 Å². The molecule has 1 unspecified atom stereocenters. The smallest absolute Gasteiger partial charge is 0.251 e. The van der Waals surface area contributed by atoms with Gasteiger partial charge in [0.25, 0.3) is 5.91 Å². The molecule has 5 nitrogen and oxygen atoms in total. The van der Waals surface area contributed by atoms with E-state index in [0.717, 1.165) is 32.8 Å². The topological polar surface area (TPSA) is 67.6 Å². The summed E-state index contributed by atoms with van der Waals surface area (Å²) in [6.07, 6.45) is 0. The Hall–Kier alpha value is -1.30. The maximum Gasteiger partial charge on any atom is 0.251 e. The van der Waals surface area contributed by atoms with E-state index in [1.807, 2.05) is 6.92 Å². The van der Waals surface area contributed by atoms with Crippen molar-refractivity contribution in [1.82, 2.24) is 10.2 Å². The molecule has 20 heavy (non-hydrogen) atoms. The van der Waals surface area contributed by atoms with E-state index in [1.54, 1.807) is 18.2 Å². The molecular formula is C14H20ClN3O2. The summed E-state index contributed by atoms with van der Waals surface area (Å²) in [6, 6.07) is 4.98. The molecule has 6 heteroatoms. The summed E-state index contributed by atoms with van der Waals surface area (Å²) in [5.41, 5.74) is 6.65. The zero-order chi connectivity index (χ0) is 14.5. The molecule has 1 aromatic carbocycles. The Morgan fingerprint density at radius 2 is 2.20 bits per heavy atom. The van der Waals surface area contributed by atoms with Gasteiger partial charge in [0.05, 0.1) is 23.9 Å². The van der Waals surface area contributed by atoms with Gasteiger partial charge in [-0.2, -0.15) is 0 Å². The molecule has 0 aliphatic carbocycles. The lowest BCUT2D eigenvalue weighted by molar-refractivity contribution is 0.0342. The van der Waals surface area contributed by atoms with Crippen LogP contribution in [0.5, 0.6) is 0 Å². The summed E-state index contributed by atoms with van der Waals surface area (Å²) in [5.74, 6) is -0.130. The van der Waals surface area contributed by atoms with Gasteiger partial charge in [-0.25, -0.2) is 0 Å². The molecule has 0 spiro atoms. The van der Waals surface area contributed by atoms with Gasteiger partial charge in [-0.1, -0.05) is 11.6 Å². The van der Waals surface area contributed by atoms with E-state index < -0.39 is 0 Å². The summed E-state index contributed by atoms with van der Waals surface area (Å²) in [6.45, 7) is 6.15. The van der Waals surface area contributed by atoms with E-state index >= 15 is 0 Å². The number of nitrogens with zero attached hydrogens (tertiary/aromatic N) is 1. The van der Waals surface area contributed by atoms with Crippen molar-refractivity contribution < 1.29 is 9.53 Å². The van der Waals surface area contributed by atoms with Crippen LogP contribution in [-0.4, -0.2) is 49.7 Å². The van der Waals surface area contributed by atoms with Gasteiger partial charge in [-0.05, 0) is 25.1 Å². The zero-order valence-electron chi connectivity index (χ0n) is 11.6. The largest absolute Gasteiger partial charge is 0.398 e. The third-order valence-electron chi connectivity index (χ3n) is 3.27. The molecule has 1 heterocycles. The standard InChI is InChI=1S/C14H20ClN3O2/c1-10(9-18-4-6-20-7-5-18)17-14(19)11-2-3-12(15)13(16)8-11/h2-3,8,10H,4-7,9,16H2,1H3,(H,17,19). The number of ether oxygens (including phenoxy) is 1. The van der Waals surface area contributed by atoms with Crippen LogP contribution >= 0.6 is 11.6 Å². The number of amides is 1. The van der Waals surface area contributed by atoms with Crippen molar-refractivity contribution in [2.45, 2.75) is 13.0 Å². The first-order valence-electron chi connectivity index (χ1n) is 6.72. The molecule has 1 atom stereocenters. The second kappa shape index (κ2) is 6.92. The van der Waals surface area contributed by atoms with E-state index in [2.05, 4.69) is 10.2 Å². The maximum atomic E-state index is 12.1. The number of carbonyl (C=O) groups excluding carboxylic acids is 1. The molecule has 1 amide bonds. The molecule has 0 saturated carbocycles. The van der Waals surface area contributed by atoms with Crippen molar-refractivity contribution in [3.8, 4) is 0 Å². The van der Waals surface area contributed by atoms with Crippen molar-refractivity contribution in [2.24, 2.45) is 0 Å². The molecule has 3 N–H and O–H groups in total. The van der Waals surface area contributed by atoms with E-state index in [0.29, 0.717) is 16.3 Å². The lowest BCUT2D eigenvalue weighted by Crippen LogP contribution is -2.46. The molecule has 1 saturated heterocycles. The third kappa shape index (κ3) is 4.10. The van der Waals surface area contributed by atoms with Crippen LogP contribution in [0.3, 0.4) is 0 Å². The summed E-state index contributed by atoms with van der Waals surface area (Å²) in [7, 11) is 0. The van der Waals surface area contributed by atoms with Gasteiger partial charge in [0.2, 0.25) is 0 Å². The van der Waals surface area contributed by atoms with Gasteiger partial charge >= 0.3 is 0 Å². The zero-order valence-corrected chi connectivity index (χ0v) is 12.3. The predicted molar refractivity (Wildman–Crippen MR) is 80.1 cm³/mol. The minimum Gasteiger partial charge on any atom is -0.398 e. The van der Waals surface area contributed by atoms with Crippen LogP contribution in [0.15, 0.2) is 18.2 Å². The van der Waals surface area contributed by atoms with Crippen LogP contribution in [0.4, 0.5) is 5.69 Å². The Labute approximate surface area is 124 Å². The molecule has 0 radical (unpaired) electrons. The minimum absolute atomic E-state index is 0.0671. The van der Waals surface area contributed by atoms with E-state index in [9.17, 15) is 4.79 Å². The number of nitrogens with two attached hydrogens (primary N) is 1. The monoisotopic (exact) mass is 297 g/mol. The number of hydrogen-bond acceptors (Lipinski definition) is 4. The molecule has 0 bridgehead atoms. The number of hydrogen-bond donors (Lipinski definition) is 2. The first-order valence-corrected chi connectivity index (χ1v) is 7.10. The molecule has 1 fully saturated rings. The van der Waals surface area contributed by atoms with Crippen molar-refractivity contribution in [3.05, 3.63) is 28.8 Å². The summed E-state index contributed by atoms with van der Waals surface area (Å²) in [5, 5.41) is 3.43. The first-order chi connectivity index (χ1) is 9.56. The average Bonchev–Trinajstić information content (AvgIpc) is 2.42. The van der Waals surface area contributed by atoms with Gasteiger partial charge in [0.15, 0.2) is 0 Å². The van der Waals surface area contributed by atoms with Crippen LogP contribution in [0.25, 0.3) is 0 Å². The Balaban J connectivity index is 1.87. The molecule has 110 valence electrons. The number of nitrogen functional groups attached to an aromatic ring is 1. The number of morpholine rings is 1. The highest BCUT2D eigenvalue weighted by Gasteiger charge is 2.16. The SMILES string of the molecule is CC(CN1CCOCC1)NC(=O)c1ccc(Cl)c(N)c1. The quantitative estimate of drug-likeness (QED) is 0.824. The fourth-order valence-corrected chi connectivity index (χ4v) is 2.33. The van der Waals surface area contributed by atoms with Crippen LogP contribution in [0.1, 0.15) is 17.3 Å². The molecule has 1 aromatic rings. The molecule has 0 aromatic heterocycles. The summed E-state index contributed by atoms with van der Waals surface area (Å²) in [4.78, 5) is 14.4. The van der Waals surface area contributed by atoms with Gasteiger partial charge in [-0.15, -0.1) is 0 Å². The molecule has 1 aliphatic heterocycles. The number of anilines is 1. The van der Waals surface area contributed by atoms with Gasteiger partial charge in [0, 0.05) is 31.2 Å². The summed E-state index contributed by atoms with van der Waals surface area (Å²) < 4.78 is 5.30. The minimum atomic E-state index is -0.130. The molecule has 1 aliphatic rings. The Bertz CT molecular complexity index is 475. The predicted octanol–water partition coefficient (Wildman–Crippen LogP) is 1.37. The van der Waals surface area contributed by atoms with Gasteiger partial charge in [-0.3, -0.25) is 9.69 Å². The highest BCUT2D eigenvalue weighted by molar-refractivity contribution is 6.33. The lowest BCUT2D eigenvalue weighted by Gasteiger charge is -2.29. The van der Waals surface area contributed by atoms with Crippen LogP contribution in [-0.2, 0) is 4.74 Å². The number of benzene rings is 1. The van der Waals surface area contributed by atoms with Crippen LogP contribution in [0, 0.1) is 0 Å². The van der Waals surface area contributed by atoms with Crippen LogP contribution in [0.2, 0.25) is 5.02 Å². The molecular weight excluding hydrogens is 278 g/mol. The number of rotatable bonds is 4. The highest BCUT2D eigenvalue weighted by Crippen LogP contribution is 2.19. The highest BCUT2D eigenvalue weighted by atomic mass is 35.5. The van der Waals surface area contributed by atoms with Crippen molar-refractivity contribution in [3.63, 3.8) is 0 Å². The second-order valence-corrected chi connectivity index (χ2v) is 5.43.